The molecule has 0 radical (unpaired) electrons. The van der Waals surface area contributed by atoms with Crippen molar-refractivity contribution in [3.63, 3.8) is 0 Å². The predicted molar refractivity (Wildman–Crippen MR) is 87.6 cm³/mol. The van der Waals surface area contributed by atoms with E-state index in [4.69, 9.17) is 4.74 Å². The lowest BCUT2D eigenvalue weighted by Gasteiger charge is -2.36. The summed E-state index contributed by atoms with van der Waals surface area (Å²) in [4.78, 5) is 15.1. The zero-order valence-corrected chi connectivity index (χ0v) is 15.0. The smallest absolute Gasteiger partial charge is 0.410 e. The largest absolute Gasteiger partial charge is 0.444 e. The summed E-state index contributed by atoms with van der Waals surface area (Å²) in [5.74, 6) is 0.0567. The molecule has 1 N–H and O–H groups in total. The monoisotopic (exact) mass is 375 g/mol. The molecule has 0 aromatic carbocycles. The second kappa shape index (κ2) is 6.67. The maximum atomic E-state index is 12.2. The van der Waals surface area contributed by atoms with Crippen LogP contribution in [0.2, 0.25) is 0 Å². The van der Waals surface area contributed by atoms with Gasteiger partial charge >= 0.3 is 6.09 Å². The molecule has 2 heterocycles. The molecule has 2 rings (SSSR count). The quantitative estimate of drug-likeness (QED) is 0.857. The molecule has 0 aliphatic carbocycles. The van der Waals surface area contributed by atoms with E-state index in [-0.39, 0.29) is 18.1 Å². The molecule has 1 aromatic heterocycles. The van der Waals surface area contributed by atoms with E-state index in [0.29, 0.717) is 19.5 Å². The van der Waals surface area contributed by atoms with Crippen molar-refractivity contribution < 1.29 is 14.6 Å². The van der Waals surface area contributed by atoms with Gasteiger partial charge in [0.05, 0.1) is 6.10 Å². The minimum atomic E-state index is -0.487. The van der Waals surface area contributed by atoms with Crippen molar-refractivity contribution in [2.75, 3.05) is 13.1 Å². The van der Waals surface area contributed by atoms with Crippen molar-refractivity contribution in [2.24, 2.45) is 5.92 Å². The van der Waals surface area contributed by atoms with Crippen molar-refractivity contribution >= 4 is 33.4 Å². The van der Waals surface area contributed by atoms with Crippen LogP contribution in [0.1, 0.15) is 32.1 Å². The molecule has 21 heavy (non-hydrogen) atoms. The first-order valence-electron chi connectivity index (χ1n) is 7.14. The summed E-state index contributed by atoms with van der Waals surface area (Å²) in [6.07, 6.45) is 0.730. The van der Waals surface area contributed by atoms with Crippen LogP contribution in [0.4, 0.5) is 4.79 Å². The van der Waals surface area contributed by atoms with Crippen molar-refractivity contribution in [1.29, 1.82) is 0 Å². The maximum Gasteiger partial charge on any atom is 0.410 e. The van der Waals surface area contributed by atoms with Gasteiger partial charge in [-0.25, -0.2) is 4.79 Å². The molecule has 1 saturated heterocycles. The lowest BCUT2D eigenvalue weighted by molar-refractivity contribution is -0.00811. The zero-order valence-electron chi connectivity index (χ0n) is 12.6. The molecular formula is C15H22BrNO3S. The van der Waals surface area contributed by atoms with Gasteiger partial charge in [-0.15, -0.1) is 11.3 Å². The summed E-state index contributed by atoms with van der Waals surface area (Å²) in [5, 5.41) is 12.2. The number of piperidine rings is 1. The molecule has 1 aliphatic heterocycles. The molecule has 0 bridgehead atoms. The van der Waals surface area contributed by atoms with Gasteiger partial charge in [-0.05, 0) is 61.0 Å². The third kappa shape index (κ3) is 4.69. The van der Waals surface area contributed by atoms with Gasteiger partial charge in [0.25, 0.3) is 0 Å². The van der Waals surface area contributed by atoms with E-state index < -0.39 is 5.60 Å². The highest BCUT2D eigenvalue weighted by Crippen LogP contribution is 2.29. The number of hydrogen-bond acceptors (Lipinski definition) is 4. The first-order valence-corrected chi connectivity index (χ1v) is 8.81. The highest BCUT2D eigenvalue weighted by molar-refractivity contribution is 9.10. The Morgan fingerprint density at radius 2 is 2.29 bits per heavy atom. The molecule has 6 heteroatoms. The number of likely N-dealkylation sites (tertiary alicyclic amines) is 1. The van der Waals surface area contributed by atoms with Gasteiger partial charge in [0.2, 0.25) is 0 Å². The van der Waals surface area contributed by atoms with E-state index in [1.54, 1.807) is 16.2 Å². The Hall–Kier alpha value is -0.590. The molecule has 2 atom stereocenters. The van der Waals surface area contributed by atoms with Gasteiger partial charge in [0.1, 0.15) is 5.60 Å². The van der Waals surface area contributed by atoms with Crippen LogP contribution in [0.5, 0.6) is 0 Å². The summed E-state index contributed by atoms with van der Waals surface area (Å²) in [5.41, 5.74) is -0.487. The van der Waals surface area contributed by atoms with Gasteiger partial charge < -0.3 is 14.7 Å². The minimum absolute atomic E-state index is 0.0567. The van der Waals surface area contributed by atoms with Crippen molar-refractivity contribution in [3.05, 3.63) is 20.8 Å². The highest BCUT2D eigenvalue weighted by Gasteiger charge is 2.33. The Bertz CT molecular complexity index is 497. The molecule has 1 aromatic rings. The number of ether oxygens (including phenoxy) is 1. The lowest BCUT2D eigenvalue weighted by Crippen LogP contribution is -2.48. The molecule has 0 saturated carbocycles. The summed E-state index contributed by atoms with van der Waals surface area (Å²) in [6, 6.07) is 2.01. The molecule has 4 nitrogen and oxygen atoms in total. The Morgan fingerprint density at radius 3 is 2.86 bits per heavy atom. The van der Waals surface area contributed by atoms with Crippen molar-refractivity contribution in [2.45, 2.75) is 45.3 Å². The van der Waals surface area contributed by atoms with Gasteiger partial charge in [0, 0.05) is 28.4 Å². The van der Waals surface area contributed by atoms with E-state index >= 15 is 0 Å². The normalized spacial score (nSPS) is 23.2. The van der Waals surface area contributed by atoms with Crippen LogP contribution in [0.3, 0.4) is 0 Å². The standard InChI is InChI=1S/C15H22BrNO3S/c1-15(2,3)20-14(19)17-6-4-12(18)10(9-17)8-13-11(16)5-7-21-13/h5,7,10,12,18H,4,6,8-9H2,1-3H3. The second-order valence-electron chi connectivity index (χ2n) is 6.44. The van der Waals surface area contributed by atoms with E-state index in [9.17, 15) is 9.90 Å². The summed E-state index contributed by atoms with van der Waals surface area (Å²) in [6.45, 7) is 6.69. The number of nitrogens with zero attached hydrogens (tertiary/aromatic N) is 1. The van der Waals surface area contributed by atoms with Crippen LogP contribution >= 0.6 is 27.3 Å². The Morgan fingerprint density at radius 1 is 1.57 bits per heavy atom. The van der Waals surface area contributed by atoms with Gasteiger partial charge in [0.15, 0.2) is 0 Å². The van der Waals surface area contributed by atoms with Gasteiger partial charge in [-0.2, -0.15) is 0 Å². The number of amides is 1. The number of rotatable bonds is 2. The van der Waals surface area contributed by atoms with E-state index in [1.807, 2.05) is 32.2 Å². The summed E-state index contributed by atoms with van der Waals surface area (Å²) in [7, 11) is 0. The van der Waals surface area contributed by atoms with Crippen LogP contribution < -0.4 is 0 Å². The molecule has 1 amide bonds. The number of carbonyl (C=O) groups is 1. The SMILES string of the molecule is CC(C)(C)OC(=O)N1CCC(O)C(Cc2sccc2Br)C1. The first kappa shape index (κ1) is 16.8. The van der Waals surface area contributed by atoms with E-state index in [2.05, 4.69) is 15.9 Å². The number of halogens is 1. The first-order chi connectivity index (χ1) is 9.76. The average Bonchev–Trinajstić information content (AvgIpc) is 2.75. The maximum absolute atomic E-state index is 12.2. The number of thiophene rings is 1. The molecule has 0 spiro atoms. The van der Waals surface area contributed by atoms with Crippen LogP contribution in [-0.2, 0) is 11.2 Å². The topological polar surface area (TPSA) is 49.8 Å². The zero-order chi connectivity index (χ0) is 15.6. The summed E-state index contributed by atoms with van der Waals surface area (Å²) >= 11 is 5.19. The number of aliphatic hydroxyl groups excluding tert-OH is 1. The van der Waals surface area contributed by atoms with E-state index in [0.717, 1.165) is 10.9 Å². The molecule has 2 unspecified atom stereocenters. The third-order valence-electron chi connectivity index (χ3n) is 3.48. The Labute approximate surface area is 138 Å². The number of aliphatic hydroxyl groups is 1. The fourth-order valence-corrected chi connectivity index (χ4v) is 4.03. The average molecular weight is 376 g/mol. The van der Waals surface area contributed by atoms with Crippen molar-refractivity contribution in [1.82, 2.24) is 4.90 Å². The van der Waals surface area contributed by atoms with Crippen molar-refractivity contribution in [3.8, 4) is 0 Å². The van der Waals surface area contributed by atoms with Crippen LogP contribution in [0.25, 0.3) is 0 Å². The molecule has 1 fully saturated rings. The summed E-state index contributed by atoms with van der Waals surface area (Å²) < 4.78 is 6.50. The lowest BCUT2D eigenvalue weighted by atomic mass is 9.91. The number of hydrogen-bond donors (Lipinski definition) is 1. The van der Waals surface area contributed by atoms with Crippen LogP contribution in [-0.4, -0.2) is 40.9 Å². The fraction of sp³-hybridized carbons (Fsp3) is 0.667. The minimum Gasteiger partial charge on any atom is -0.444 e. The number of carbonyl (C=O) groups excluding carboxylic acids is 1. The fourth-order valence-electron chi connectivity index (χ4n) is 2.42. The Balaban J connectivity index is 1.99. The van der Waals surface area contributed by atoms with Crippen LogP contribution in [0.15, 0.2) is 15.9 Å². The Kier molecular flexibility index (Phi) is 5.33. The van der Waals surface area contributed by atoms with Crippen LogP contribution in [0, 0.1) is 5.92 Å². The van der Waals surface area contributed by atoms with Gasteiger partial charge in [-0.3, -0.25) is 0 Å². The molecule has 118 valence electrons. The second-order valence-corrected chi connectivity index (χ2v) is 8.29. The molecular weight excluding hydrogens is 354 g/mol. The van der Waals surface area contributed by atoms with E-state index in [1.165, 1.54) is 4.88 Å². The predicted octanol–water partition coefficient (Wildman–Crippen LogP) is 3.67. The molecule has 1 aliphatic rings. The highest BCUT2D eigenvalue weighted by atomic mass is 79.9. The third-order valence-corrected chi connectivity index (χ3v) is 5.43. The van der Waals surface area contributed by atoms with Gasteiger partial charge in [-0.1, -0.05) is 0 Å².